The molecular formula is C20H17FN2O3S. The Kier molecular flexibility index (Phi) is 5.99. The van der Waals surface area contributed by atoms with Crippen molar-refractivity contribution in [2.45, 2.75) is 25.7 Å². The summed E-state index contributed by atoms with van der Waals surface area (Å²) in [4.78, 5) is 24.9. The lowest BCUT2D eigenvalue weighted by molar-refractivity contribution is -0.142. The van der Waals surface area contributed by atoms with E-state index in [-0.39, 0.29) is 5.82 Å². The highest BCUT2D eigenvalue weighted by atomic mass is 32.1. The molecule has 138 valence electrons. The molecule has 1 aromatic carbocycles. The third-order valence-electron chi connectivity index (χ3n) is 4.16. The van der Waals surface area contributed by atoms with Gasteiger partial charge in [-0.05, 0) is 55.0 Å². The number of carbonyl (C=O) groups is 2. The number of nitrogens with one attached hydrogen (secondary N) is 1. The van der Waals surface area contributed by atoms with Gasteiger partial charge in [-0.3, -0.25) is 4.79 Å². The Labute approximate surface area is 160 Å². The van der Waals surface area contributed by atoms with Gasteiger partial charge in [-0.2, -0.15) is 5.26 Å². The van der Waals surface area contributed by atoms with Crippen molar-refractivity contribution in [3.05, 3.63) is 57.7 Å². The number of benzene rings is 1. The van der Waals surface area contributed by atoms with E-state index in [1.807, 2.05) is 0 Å². The number of esters is 1. The average molecular weight is 384 g/mol. The molecule has 7 heteroatoms. The first-order valence-electron chi connectivity index (χ1n) is 8.51. The van der Waals surface area contributed by atoms with Gasteiger partial charge >= 0.3 is 5.97 Å². The first kappa shape index (κ1) is 18.8. The van der Waals surface area contributed by atoms with Gasteiger partial charge in [0.2, 0.25) is 0 Å². The van der Waals surface area contributed by atoms with Gasteiger partial charge in [0, 0.05) is 11.0 Å². The predicted molar refractivity (Wildman–Crippen MR) is 101 cm³/mol. The summed E-state index contributed by atoms with van der Waals surface area (Å²) < 4.78 is 17.7. The summed E-state index contributed by atoms with van der Waals surface area (Å²) in [5.41, 5.74) is 2.19. The SMILES string of the molecule is N#Cc1c(NC(=O)COC(=O)/C=C/c2ccc(F)cc2)sc2c1CCCC2. The van der Waals surface area contributed by atoms with Crippen molar-refractivity contribution in [2.75, 3.05) is 11.9 Å². The maximum atomic E-state index is 12.8. The molecular weight excluding hydrogens is 367 g/mol. The zero-order chi connectivity index (χ0) is 19.2. The number of fused-ring (bicyclic) bond motifs is 1. The molecule has 3 rings (SSSR count). The quantitative estimate of drug-likeness (QED) is 0.628. The molecule has 0 bridgehead atoms. The average Bonchev–Trinajstić information content (AvgIpc) is 3.02. The van der Waals surface area contributed by atoms with E-state index >= 15 is 0 Å². The first-order valence-corrected chi connectivity index (χ1v) is 9.33. The summed E-state index contributed by atoms with van der Waals surface area (Å²) in [7, 11) is 0. The molecule has 2 aromatic rings. The van der Waals surface area contributed by atoms with Crippen LogP contribution in [0.25, 0.3) is 6.08 Å². The van der Waals surface area contributed by atoms with Crippen molar-refractivity contribution in [3.63, 3.8) is 0 Å². The third-order valence-corrected chi connectivity index (χ3v) is 5.37. The van der Waals surface area contributed by atoms with Crippen LogP contribution in [0.4, 0.5) is 9.39 Å². The Balaban J connectivity index is 1.54. The van der Waals surface area contributed by atoms with Crippen LogP contribution >= 0.6 is 11.3 Å². The number of carbonyl (C=O) groups excluding carboxylic acids is 2. The van der Waals surface area contributed by atoms with Crippen LogP contribution in [0.15, 0.2) is 30.3 Å². The Hall–Kier alpha value is -2.98. The van der Waals surface area contributed by atoms with Crippen LogP contribution in [-0.2, 0) is 27.2 Å². The Bertz CT molecular complexity index is 926. The van der Waals surface area contributed by atoms with Crippen LogP contribution in [0.3, 0.4) is 0 Å². The lowest BCUT2D eigenvalue weighted by Gasteiger charge is -2.09. The van der Waals surface area contributed by atoms with E-state index in [9.17, 15) is 19.2 Å². The fraction of sp³-hybridized carbons (Fsp3) is 0.250. The molecule has 0 fully saturated rings. The van der Waals surface area contributed by atoms with E-state index in [4.69, 9.17) is 4.74 Å². The molecule has 0 spiro atoms. The number of hydrogen-bond acceptors (Lipinski definition) is 5. The van der Waals surface area contributed by atoms with Crippen molar-refractivity contribution in [3.8, 4) is 6.07 Å². The lowest BCUT2D eigenvalue weighted by atomic mass is 9.96. The maximum Gasteiger partial charge on any atom is 0.331 e. The number of ether oxygens (including phenoxy) is 1. The summed E-state index contributed by atoms with van der Waals surface area (Å²) in [5.74, 6) is -1.53. The zero-order valence-electron chi connectivity index (χ0n) is 14.5. The molecule has 0 unspecified atom stereocenters. The second-order valence-electron chi connectivity index (χ2n) is 6.07. The van der Waals surface area contributed by atoms with Crippen molar-refractivity contribution in [2.24, 2.45) is 0 Å². The normalized spacial score (nSPS) is 13.0. The summed E-state index contributed by atoms with van der Waals surface area (Å²) in [6.45, 7) is -0.444. The van der Waals surface area contributed by atoms with Crippen LogP contribution in [0.1, 0.15) is 34.4 Å². The molecule has 5 nitrogen and oxygen atoms in total. The fourth-order valence-corrected chi connectivity index (χ4v) is 4.11. The van der Waals surface area contributed by atoms with Crippen molar-refractivity contribution < 1.29 is 18.7 Å². The number of thiophene rings is 1. The number of hydrogen-bond donors (Lipinski definition) is 1. The zero-order valence-corrected chi connectivity index (χ0v) is 15.3. The Morgan fingerprint density at radius 3 is 2.74 bits per heavy atom. The first-order chi connectivity index (χ1) is 13.1. The highest BCUT2D eigenvalue weighted by Crippen LogP contribution is 2.37. The van der Waals surface area contributed by atoms with Gasteiger partial charge in [-0.15, -0.1) is 11.3 Å². The van der Waals surface area contributed by atoms with Crippen molar-refractivity contribution in [1.82, 2.24) is 0 Å². The fourth-order valence-electron chi connectivity index (χ4n) is 2.86. The van der Waals surface area contributed by atoms with E-state index in [1.165, 1.54) is 47.8 Å². The molecule has 1 aliphatic rings. The summed E-state index contributed by atoms with van der Waals surface area (Å²) >= 11 is 1.42. The second-order valence-corrected chi connectivity index (χ2v) is 7.17. The van der Waals surface area contributed by atoms with E-state index in [1.54, 1.807) is 0 Å². The molecule has 1 aliphatic carbocycles. The van der Waals surface area contributed by atoms with E-state index in [2.05, 4.69) is 11.4 Å². The number of anilines is 1. The van der Waals surface area contributed by atoms with Crippen LogP contribution in [0.2, 0.25) is 0 Å². The Morgan fingerprint density at radius 1 is 1.26 bits per heavy atom. The molecule has 0 radical (unpaired) electrons. The van der Waals surface area contributed by atoms with Gasteiger partial charge in [0.1, 0.15) is 16.9 Å². The van der Waals surface area contributed by atoms with Gasteiger partial charge in [-0.1, -0.05) is 12.1 Å². The smallest absolute Gasteiger partial charge is 0.331 e. The maximum absolute atomic E-state index is 12.8. The molecule has 0 aliphatic heterocycles. The molecule has 1 N–H and O–H groups in total. The van der Waals surface area contributed by atoms with Gasteiger partial charge in [0.05, 0.1) is 5.56 Å². The number of nitrogens with zero attached hydrogens (tertiary/aromatic N) is 1. The number of aryl methyl sites for hydroxylation is 1. The second kappa shape index (κ2) is 8.60. The summed E-state index contributed by atoms with van der Waals surface area (Å²) in [6.07, 6.45) is 6.56. The summed E-state index contributed by atoms with van der Waals surface area (Å²) in [6, 6.07) is 7.78. The number of halogens is 1. The van der Waals surface area contributed by atoms with Crippen LogP contribution in [0.5, 0.6) is 0 Å². The topological polar surface area (TPSA) is 79.2 Å². The molecule has 0 saturated heterocycles. The van der Waals surface area contributed by atoms with Gasteiger partial charge in [0.15, 0.2) is 6.61 Å². The van der Waals surface area contributed by atoms with Crippen LogP contribution in [0, 0.1) is 17.1 Å². The van der Waals surface area contributed by atoms with E-state index in [0.717, 1.165) is 36.1 Å². The highest BCUT2D eigenvalue weighted by molar-refractivity contribution is 7.16. The predicted octanol–water partition coefficient (Wildman–Crippen LogP) is 3.83. The van der Waals surface area contributed by atoms with E-state index in [0.29, 0.717) is 16.1 Å². The number of rotatable bonds is 5. The summed E-state index contributed by atoms with van der Waals surface area (Å²) in [5, 5.41) is 12.6. The van der Waals surface area contributed by atoms with E-state index < -0.39 is 18.5 Å². The molecule has 1 aromatic heterocycles. The standard InChI is InChI=1S/C20H17FN2O3S/c21-14-8-5-13(6-9-14)7-10-19(25)26-12-18(24)23-20-16(11-22)15-3-1-2-4-17(15)27-20/h5-10H,1-4,12H2,(H,23,24)/b10-7+. The minimum absolute atomic E-state index is 0.363. The molecule has 0 atom stereocenters. The molecule has 0 saturated carbocycles. The van der Waals surface area contributed by atoms with Crippen molar-refractivity contribution in [1.29, 1.82) is 5.26 Å². The van der Waals surface area contributed by atoms with Crippen molar-refractivity contribution >= 4 is 34.3 Å². The van der Waals surface area contributed by atoms with Gasteiger partial charge in [-0.25, -0.2) is 9.18 Å². The van der Waals surface area contributed by atoms with Crippen LogP contribution < -0.4 is 5.32 Å². The third kappa shape index (κ3) is 4.80. The molecule has 1 heterocycles. The lowest BCUT2D eigenvalue weighted by Crippen LogP contribution is -2.20. The number of amides is 1. The van der Waals surface area contributed by atoms with Gasteiger partial charge in [0.25, 0.3) is 5.91 Å². The number of nitriles is 1. The molecule has 1 amide bonds. The minimum Gasteiger partial charge on any atom is -0.452 e. The largest absolute Gasteiger partial charge is 0.452 e. The highest BCUT2D eigenvalue weighted by Gasteiger charge is 2.21. The monoisotopic (exact) mass is 384 g/mol. The minimum atomic E-state index is -0.680. The van der Waals surface area contributed by atoms with Crippen LogP contribution in [-0.4, -0.2) is 18.5 Å². The van der Waals surface area contributed by atoms with Gasteiger partial charge < -0.3 is 10.1 Å². The Morgan fingerprint density at radius 2 is 2.00 bits per heavy atom. The molecule has 27 heavy (non-hydrogen) atoms.